The van der Waals surface area contributed by atoms with Gasteiger partial charge in [0.2, 0.25) is 0 Å². The van der Waals surface area contributed by atoms with Crippen molar-refractivity contribution in [2.24, 2.45) is 0 Å². The number of fused-ring (bicyclic) bond motifs is 1. The number of aromatic amines is 1. The van der Waals surface area contributed by atoms with Crippen LogP contribution in [0.1, 0.15) is 18.4 Å². The molecule has 0 saturated carbocycles. The van der Waals surface area contributed by atoms with Gasteiger partial charge in [-0.25, -0.2) is 0 Å². The summed E-state index contributed by atoms with van der Waals surface area (Å²) in [5, 5.41) is 19.1. The predicted molar refractivity (Wildman–Crippen MR) is 49.9 cm³/mol. The maximum atomic E-state index is 10.7. The normalized spacial score (nSPS) is 12.9. The van der Waals surface area contributed by atoms with E-state index < -0.39 is 11.9 Å². The summed E-state index contributed by atoms with van der Waals surface area (Å²) in [6.45, 7) is 1.64. The lowest BCUT2D eigenvalue weighted by Gasteiger charge is -2.04. The third kappa shape index (κ3) is 1.32. The lowest BCUT2D eigenvalue weighted by atomic mass is 10.0. The second kappa shape index (κ2) is 3.10. The quantitative estimate of drug-likeness (QED) is 0.746. The number of carboxylic acid groups (broad SMARTS) is 1. The molecular weight excluding hydrogens is 182 g/mol. The minimum absolute atomic E-state index is 0.518. The molecule has 1 aromatic heterocycles. The van der Waals surface area contributed by atoms with Crippen molar-refractivity contribution in [3.63, 3.8) is 0 Å². The van der Waals surface area contributed by atoms with E-state index in [-0.39, 0.29) is 0 Å². The van der Waals surface area contributed by atoms with Gasteiger partial charge in [-0.1, -0.05) is 6.07 Å². The molecule has 0 spiro atoms. The van der Waals surface area contributed by atoms with Crippen molar-refractivity contribution >= 4 is 17.0 Å². The largest absolute Gasteiger partial charge is 0.481 e. The Bertz CT molecular complexity index is 478. The van der Waals surface area contributed by atoms with E-state index in [1.165, 1.54) is 0 Å². The zero-order valence-corrected chi connectivity index (χ0v) is 7.56. The highest BCUT2D eigenvalue weighted by atomic mass is 16.4. The number of aromatic nitrogens is 3. The van der Waals surface area contributed by atoms with Crippen molar-refractivity contribution in [1.29, 1.82) is 0 Å². The molecule has 2 aromatic rings. The van der Waals surface area contributed by atoms with Crippen molar-refractivity contribution in [3.05, 3.63) is 23.8 Å². The van der Waals surface area contributed by atoms with E-state index in [0.717, 1.165) is 11.1 Å². The summed E-state index contributed by atoms with van der Waals surface area (Å²) in [5.41, 5.74) is 2.17. The first-order chi connectivity index (χ1) is 6.68. The Morgan fingerprint density at radius 1 is 1.43 bits per heavy atom. The van der Waals surface area contributed by atoms with E-state index in [4.69, 9.17) is 5.11 Å². The summed E-state index contributed by atoms with van der Waals surface area (Å²) in [7, 11) is 0. The third-order valence-corrected chi connectivity index (χ3v) is 2.21. The Hall–Kier alpha value is -1.91. The first-order valence-corrected chi connectivity index (χ1v) is 4.21. The van der Waals surface area contributed by atoms with Gasteiger partial charge in [0.05, 0.1) is 5.92 Å². The topological polar surface area (TPSA) is 78.9 Å². The predicted octanol–water partition coefficient (Wildman–Crippen LogP) is 1.15. The number of carbonyl (C=O) groups is 1. The number of hydrogen-bond donors (Lipinski definition) is 2. The zero-order chi connectivity index (χ0) is 10.1. The van der Waals surface area contributed by atoms with Crippen molar-refractivity contribution < 1.29 is 9.90 Å². The van der Waals surface area contributed by atoms with E-state index in [9.17, 15) is 4.79 Å². The molecule has 0 bridgehead atoms. The van der Waals surface area contributed by atoms with Crippen molar-refractivity contribution in [2.45, 2.75) is 12.8 Å². The molecule has 0 fully saturated rings. The molecule has 0 saturated heterocycles. The molecule has 1 aromatic carbocycles. The molecule has 1 atom stereocenters. The van der Waals surface area contributed by atoms with E-state index in [0.29, 0.717) is 5.52 Å². The van der Waals surface area contributed by atoms with Crippen molar-refractivity contribution in [1.82, 2.24) is 15.4 Å². The Kier molecular flexibility index (Phi) is 1.92. The average Bonchev–Trinajstić information content (AvgIpc) is 2.62. The van der Waals surface area contributed by atoms with E-state index >= 15 is 0 Å². The highest BCUT2D eigenvalue weighted by Gasteiger charge is 2.14. The molecule has 72 valence electrons. The number of hydrogen-bond acceptors (Lipinski definition) is 3. The van der Waals surface area contributed by atoms with Crippen LogP contribution in [0.25, 0.3) is 11.0 Å². The molecule has 14 heavy (non-hydrogen) atoms. The Labute approximate surface area is 79.7 Å². The molecule has 0 aliphatic carbocycles. The van der Waals surface area contributed by atoms with Crippen LogP contribution in [-0.4, -0.2) is 26.5 Å². The van der Waals surface area contributed by atoms with Crippen LogP contribution in [0.2, 0.25) is 0 Å². The van der Waals surface area contributed by atoms with Gasteiger partial charge >= 0.3 is 5.97 Å². The Morgan fingerprint density at radius 2 is 2.14 bits per heavy atom. The number of aliphatic carboxylic acids is 1. The fraction of sp³-hybridized carbons (Fsp3) is 0.222. The summed E-state index contributed by atoms with van der Waals surface area (Å²) < 4.78 is 0. The molecule has 1 heterocycles. The van der Waals surface area contributed by atoms with E-state index in [2.05, 4.69) is 15.4 Å². The molecule has 2 N–H and O–H groups in total. The van der Waals surface area contributed by atoms with Crippen LogP contribution in [0.5, 0.6) is 0 Å². The summed E-state index contributed by atoms with van der Waals surface area (Å²) in [5.74, 6) is -1.36. The van der Waals surface area contributed by atoms with Crippen LogP contribution in [0, 0.1) is 0 Å². The number of nitrogens with one attached hydrogen (secondary N) is 1. The van der Waals surface area contributed by atoms with Crippen LogP contribution >= 0.6 is 0 Å². The maximum absolute atomic E-state index is 10.7. The highest BCUT2D eigenvalue weighted by Crippen LogP contribution is 2.18. The van der Waals surface area contributed by atoms with Gasteiger partial charge in [-0.3, -0.25) is 4.79 Å². The minimum atomic E-state index is -0.840. The van der Waals surface area contributed by atoms with Crippen molar-refractivity contribution in [2.75, 3.05) is 0 Å². The Balaban J connectivity index is 2.48. The van der Waals surface area contributed by atoms with E-state index in [1.54, 1.807) is 25.1 Å². The first kappa shape index (κ1) is 8.68. The molecular formula is C9H9N3O2. The number of rotatable bonds is 2. The van der Waals surface area contributed by atoms with Gasteiger partial charge in [-0.2, -0.15) is 15.4 Å². The number of H-pyrrole nitrogens is 1. The van der Waals surface area contributed by atoms with Gasteiger partial charge in [0.1, 0.15) is 11.0 Å². The van der Waals surface area contributed by atoms with E-state index in [1.807, 2.05) is 0 Å². The summed E-state index contributed by atoms with van der Waals surface area (Å²) >= 11 is 0. The smallest absolute Gasteiger partial charge is 0.310 e. The van der Waals surface area contributed by atoms with Crippen LogP contribution in [0.4, 0.5) is 0 Å². The monoisotopic (exact) mass is 191 g/mol. The molecule has 2 rings (SSSR count). The minimum Gasteiger partial charge on any atom is -0.481 e. The number of benzene rings is 1. The van der Waals surface area contributed by atoms with Crippen molar-refractivity contribution in [3.8, 4) is 0 Å². The zero-order valence-electron chi connectivity index (χ0n) is 7.56. The van der Waals surface area contributed by atoms with Crippen LogP contribution in [0.3, 0.4) is 0 Å². The van der Waals surface area contributed by atoms with Gasteiger partial charge in [0.15, 0.2) is 0 Å². The fourth-order valence-corrected chi connectivity index (χ4v) is 1.27. The second-order valence-electron chi connectivity index (χ2n) is 3.13. The standard InChI is InChI=1S/C9H9N3O2/c1-5(9(13)14)6-2-3-7-8(4-6)11-12-10-7/h2-5H,1H3,(H,13,14)(H,10,11,12). The lowest BCUT2D eigenvalue weighted by molar-refractivity contribution is -0.138. The van der Waals surface area contributed by atoms with Crippen LogP contribution in [-0.2, 0) is 4.79 Å². The second-order valence-corrected chi connectivity index (χ2v) is 3.13. The molecule has 0 aliphatic rings. The van der Waals surface area contributed by atoms with Gasteiger partial charge < -0.3 is 5.11 Å². The van der Waals surface area contributed by atoms with Gasteiger partial charge in [-0.05, 0) is 24.6 Å². The lowest BCUT2D eigenvalue weighted by Crippen LogP contribution is -2.06. The maximum Gasteiger partial charge on any atom is 0.310 e. The van der Waals surface area contributed by atoms with Crippen LogP contribution in [0.15, 0.2) is 18.2 Å². The van der Waals surface area contributed by atoms with Gasteiger partial charge in [0.25, 0.3) is 0 Å². The Morgan fingerprint density at radius 3 is 2.86 bits per heavy atom. The average molecular weight is 191 g/mol. The number of nitrogens with zero attached hydrogens (tertiary/aromatic N) is 2. The summed E-state index contributed by atoms with van der Waals surface area (Å²) in [6.07, 6.45) is 0. The molecule has 5 nitrogen and oxygen atoms in total. The van der Waals surface area contributed by atoms with Gasteiger partial charge in [-0.15, -0.1) is 0 Å². The van der Waals surface area contributed by atoms with Gasteiger partial charge in [0, 0.05) is 0 Å². The molecule has 0 amide bonds. The fourth-order valence-electron chi connectivity index (χ4n) is 1.27. The molecule has 0 radical (unpaired) electrons. The summed E-state index contributed by atoms with van der Waals surface area (Å²) in [6, 6.07) is 5.24. The SMILES string of the molecule is CC(C(=O)O)c1ccc2n[nH]nc2c1. The summed E-state index contributed by atoms with van der Waals surface area (Å²) in [4.78, 5) is 10.7. The molecule has 5 heteroatoms. The highest BCUT2D eigenvalue weighted by molar-refractivity contribution is 5.79. The number of carboxylic acids is 1. The molecule has 1 unspecified atom stereocenters. The van der Waals surface area contributed by atoms with Crippen LogP contribution < -0.4 is 0 Å². The first-order valence-electron chi connectivity index (χ1n) is 4.21. The molecule has 0 aliphatic heterocycles. The third-order valence-electron chi connectivity index (χ3n) is 2.21.